The lowest BCUT2D eigenvalue weighted by Gasteiger charge is -2.23. The van der Waals surface area contributed by atoms with Gasteiger partial charge in [0.2, 0.25) is 11.9 Å². The Balaban J connectivity index is 1.81. The van der Waals surface area contributed by atoms with Gasteiger partial charge in [-0.3, -0.25) is 4.79 Å². The molecule has 0 fully saturated rings. The first-order valence-electron chi connectivity index (χ1n) is 11.5. The average molecular weight is 488 g/mol. The molecule has 0 atom stereocenters. The lowest BCUT2D eigenvalue weighted by molar-refractivity contribution is -0.111. The van der Waals surface area contributed by atoms with Crippen LogP contribution in [0.1, 0.15) is 19.4 Å². The maximum Gasteiger partial charge on any atom is 0.247 e. The molecule has 0 saturated carbocycles. The van der Waals surface area contributed by atoms with Crippen LogP contribution in [-0.4, -0.2) is 36.6 Å². The highest BCUT2D eigenvalue weighted by atomic mass is 32.1. The number of hydrogen-bond donors (Lipinski definition) is 2. The molecule has 0 aliphatic rings. The standard InChI is InChI=1S/C27H29N5O2S/c1-6-17-10-9-11-18(14-17)25-19-12-13-35-26(19)31-27(30-25)29-21-15-20(28-24(33)7-2)22(32(4)8-3)16-23(21)34-5/h7,9-16H,2,6,8H2,1,3-5H3,(H,28,33)(H,29,30,31). The van der Waals surface area contributed by atoms with Crippen molar-refractivity contribution in [2.75, 3.05) is 36.2 Å². The Morgan fingerprint density at radius 3 is 2.71 bits per heavy atom. The normalized spacial score (nSPS) is 10.7. The summed E-state index contributed by atoms with van der Waals surface area (Å²) in [6.45, 7) is 8.50. The number of nitrogens with zero attached hydrogens (tertiary/aromatic N) is 3. The summed E-state index contributed by atoms with van der Waals surface area (Å²) in [5.74, 6) is 0.773. The zero-order valence-electron chi connectivity index (χ0n) is 20.4. The second-order valence-corrected chi connectivity index (χ2v) is 8.89. The van der Waals surface area contributed by atoms with Crippen LogP contribution in [0.4, 0.5) is 23.0 Å². The predicted molar refractivity (Wildman–Crippen MR) is 146 cm³/mol. The van der Waals surface area contributed by atoms with Crippen molar-refractivity contribution in [3.8, 4) is 17.0 Å². The summed E-state index contributed by atoms with van der Waals surface area (Å²) in [4.78, 5) is 24.7. The Labute approximate surface area is 209 Å². The number of thiophene rings is 1. The van der Waals surface area contributed by atoms with E-state index in [1.807, 2.05) is 36.4 Å². The van der Waals surface area contributed by atoms with E-state index in [2.05, 4.69) is 54.5 Å². The zero-order valence-corrected chi connectivity index (χ0v) is 21.2. The average Bonchev–Trinajstić information content (AvgIpc) is 3.36. The van der Waals surface area contributed by atoms with E-state index in [0.717, 1.165) is 40.1 Å². The van der Waals surface area contributed by atoms with Crippen molar-refractivity contribution in [1.82, 2.24) is 9.97 Å². The monoisotopic (exact) mass is 487 g/mol. The molecule has 4 aromatic rings. The van der Waals surface area contributed by atoms with Crippen molar-refractivity contribution in [2.45, 2.75) is 20.3 Å². The van der Waals surface area contributed by atoms with Crippen LogP contribution in [0.5, 0.6) is 5.75 Å². The fourth-order valence-electron chi connectivity index (χ4n) is 3.80. The minimum atomic E-state index is -0.291. The first-order valence-corrected chi connectivity index (χ1v) is 12.3. The van der Waals surface area contributed by atoms with E-state index in [4.69, 9.17) is 14.7 Å². The number of hydrogen-bond acceptors (Lipinski definition) is 7. The number of carbonyl (C=O) groups is 1. The van der Waals surface area contributed by atoms with E-state index in [1.165, 1.54) is 11.6 Å². The molecule has 180 valence electrons. The molecule has 2 N–H and O–H groups in total. The molecule has 0 spiro atoms. The van der Waals surface area contributed by atoms with E-state index in [1.54, 1.807) is 18.4 Å². The van der Waals surface area contributed by atoms with Gasteiger partial charge in [-0.05, 0) is 48.6 Å². The summed E-state index contributed by atoms with van der Waals surface area (Å²) in [5.41, 5.74) is 5.27. The van der Waals surface area contributed by atoms with E-state index < -0.39 is 0 Å². The third-order valence-corrected chi connectivity index (χ3v) is 6.63. The van der Waals surface area contributed by atoms with Crippen molar-refractivity contribution in [3.05, 3.63) is 66.1 Å². The molecule has 0 radical (unpaired) electrons. The third kappa shape index (κ3) is 5.12. The molecule has 7 nitrogen and oxygen atoms in total. The Morgan fingerprint density at radius 1 is 1.17 bits per heavy atom. The fraction of sp³-hybridized carbons (Fsp3) is 0.222. The number of ether oxygens (including phenoxy) is 1. The van der Waals surface area contributed by atoms with Crippen molar-refractivity contribution < 1.29 is 9.53 Å². The summed E-state index contributed by atoms with van der Waals surface area (Å²) >= 11 is 1.57. The fourth-order valence-corrected chi connectivity index (χ4v) is 4.56. The maximum atomic E-state index is 12.1. The number of benzene rings is 2. The number of anilines is 4. The van der Waals surface area contributed by atoms with Crippen LogP contribution in [0, 0.1) is 0 Å². The van der Waals surface area contributed by atoms with E-state index >= 15 is 0 Å². The number of fused-ring (bicyclic) bond motifs is 1. The van der Waals surface area contributed by atoms with Crippen LogP contribution in [0.3, 0.4) is 0 Å². The van der Waals surface area contributed by atoms with Gasteiger partial charge in [0.1, 0.15) is 10.6 Å². The van der Waals surface area contributed by atoms with Gasteiger partial charge in [-0.15, -0.1) is 11.3 Å². The largest absolute Gasteiger partial charge is 0.494 e. The molecular weight excluding hydrogens is 458 g/mol. The lowest BCUT2D eigenvalue weighted by atomic mass is 10.0. The molecule has 0 aliphatic carbocycles. The number of carbonyl (C=O) groups excluding carboxylic acids is 1. The van der Waals surface area contributed by atoms with Crippen LogP contribution < -0.4 is 20.3 Å². The quantitative estimate of drug-likeness (QED) is 0.272. The third-order valence-electron chi connectivity index (χ3n) is 5.83. The van der Waals surface area contributed by atoms with Crippen LogP contribution in [0.15, 0.2) is 60.5 Å². The zero-order chi connectivity index (χ0) is 24.9. The summed E-state index contributed by atoms with van der Waals surface area (Å²) in [5, 5.41) is 9.26. The first-order chi connectivity index (χ1) is 17.0. The van der Waals surface area contributed by atoms with Gasteiger partial charge in [0.05, 0.1) is 29.9 Å². The highest BCUT2D eigenvalue weighted by Crippen LogP contribution is 2.39. The van der Waals surface area contributed by atoms with Gasteiger partial charge in [0, 0.05) is 30.6 Å². The number of amides is 1. The maximum absolute atomic E-state index is 12.1. The van der Waals surface area contributed by atoms with Gasteiger partial charge in [0.25, 0.3) is 0 Å². The van der Waals surface area contributed by atoms with Crippen LogP contribution >= 0.6 is 11.3 Å². The minimum absolute atomic E-state index is 0.291. The molecule has 8 heteroatoms. The first kappa shape index (κ1) is 24.2. The van der Waals surface area contributed by atoms with Gasteiger partial charge in [-0.1, -0.05) is 31.7 Å². The summed E-state index contributed by atoms with van der Waals surface area (Å²) in [6.07, 6.45) is 2.20. The van der Waals surface area contributed by atoms with Gasteiger partial charge in [-0.2, -0.15) is 0 Å². The molecular formula is C27H29N5O2S. The molecule has 0 saturated heterocycles. The number of methoxy groups -OCH3 is 1. The minimum Gasteiger partial charge on any atom is -0.494 e. The number of rotatable bonds is 9. The molecule has 35 heavy (non-hydrogen) atoms. The van der Waals surface area contributed by atoms with Crippen molar-refractivity contribution in [3.63, 3.8) is 0 Å². The molecule has 2 aromatic carbocycles. The van der Waals surface area contributed by atoms with Crippen LogP contribution in [0.25, 0.3) is 21.5 Å². The van der Waals surface area contributed by atoms with Crippen molar-refractivity contribution >= 4 is 50.5 Å². The van der Waals surface area contributed by atoms with E-state index in [-0.39, 0.29) is 5.91 Å². The Bertz CT molecular complexity index is 1380. The molecule has 1 amide bonds. The Kier molecular flexibility index (Phi) is 7.31. The van der Waals surface area contributed by atoms with E-state index in [9.17, 15) is 4.79 Å². The topological polar surface area (TPSA) is 79.4 Å². The Hall–Kier alpha value is -3.91. The van der Waals surface area contributed by atoms with Gasteiger partial charge >= 0.3 is 0 Å². The van der Waals surface area contributed by atoms with Gasteiger partial charge in [0.15, 0.2) is 0 Å². The molecule has 4 rings (SSSR count). The molecule has 2 aromatic heterocycles. The summed E-state index contributed by atoms with van der Waals surface area (Å²) < 4.78 is 5.68. The highest BCUT2D eigenvalue weighted by Gasteiger charge is 2.17. The van der Waals surface area contributed by atoms with Gasteiger partial charge in [-0.25, -0.2) is 9.97 Å². The molecule has 0 aliphatic heterocycles. The van der Waals surface area contributed by atoms with Crippen LogP contribution in [-0.2, 0) is 11.2 Å². The second kappa shape index (κ2) is 10.6. The predicted octanol–water partition coefficient (Wildman–Crippen LogP) is 6.25. The van der Waals surface area contributed by atoms with Crippen LogP contribution in [0.2, 0.25) is 0 Å². The number of aromatic nitrogens is 2. The number of aryl methyl sites for hydroxylation is 1. The number of nitrogens with one attached hydrogen (secondary N) is 2. The second-order valence-electron chi connectivity index (χ2n) is 7.99. The van der Waals surface area contributed by atoms with Crippen molar-refractivity contribution in [2.24, 2.45) is 0 Å². The lowest BCUT2D eigenvalue weighted by Crippen LogP contribution is -2.19. The molecule has 0 unspecified atom stereocenters. The molecule has 2 heterocycles. The summed E-state index contributed by atoms with van der Waals surface area (Å²) in [7, 11) is 3.57. The SMILES string of the molecule is C=CC(=O)Nc1cc(Nc2nc(-c3cccc(CC)c3)c3ccsc3n2)c(OC)cc1N(C)CC. The van der Waals surface area contributed by atoms with Crippen molar-refractivity contribution in [1.29, 1.82) is 0 Å². The smallest absolute Gasteiger partial charge is 0.247 e. The van der Waals surface area contributed by atoms with Gasteiger partial charge < -0.3 is 20.3 Å². The molecule has 0 bridgehead atoms. The highest BCUT2D eigenvalue weighted by molar-refractivity contribution is 7.16. The summed E-state index contributed by atoms with van der Waals surface area (Å²) in [6, 6.07) is 14.2. The Morgan fingerprint density at radius 2 is 2.00 bits per heavy atom. The van der Waals surface area contributed by atoms with E-state index in [0.29, 0.717) is 23.1 Å².